The lowest BCUT2D eigenvalue weighted by molar-refractivity contribution is -0.137. The van der Waals surface area contributed by atoms with Gasteiger partial charge < -0.3 is 20.3 Å². The zero-order valence-electron chi connectivity index (χ0n) is 12.8. The largest absolute Gasteiger partial charge is 0.369 e. The molecule has 116 valence electrons. The number of aromatic nitrogens is 1. The van der Waals surface area contributed by atoms with Gasteiger partial charge in [0, 0.05) is 38.9 Å². The van der Waals surface area contributed by atoms with Crippen molar-refractivity contribution in [2.24, 2.45) is 5.73 Å². The average Bonchev–Trinajstić information content (AvgIpc) is 2.53. The van der Waals surface area contributed by atoms with Crippen LogP contribution in [0.25, 0.3) is 0 Å². The Morgan fingerprint density at radius 3 is 2.57 bits per heavy atom. The molecule has 6 heteroatoms. The molecule has 2 heterocycles. The van der Waals surface area contributed by atoms with Crippen molar-refractivity contribution < 1.29 is 9.53 Å². The molecule has 0 saturated carbocycles. The van der Waals surface area contributed by atoms with Crippen molar-refractivity contribution >= 4 is 11.7 Å². The standard InChI is InChI=1S/C15H24N4O2/c1-12(2)21-11-15(20)19-7-5-18(6-8-19)14-4-3-13(9-16)10-17-14/h3-4,10,12H,5-9,11,16H2,1-2H3. The lowest BCUT2D eigenvalue weighted by Gasteiger charge is -2.35. The molecule has 1 saturated heterocycles. The van der Waals surface area contributed by atoms with E-state index < -0.39 is 0 Å². The lowest BCUT2D eigenvalue weighted by atomic mass is 10.2. The first kappa shape index (κ1) is 15.7. The summed E-state index contributed by atoms with van der Waals surface area (Å²) in [4.78, 5) is 20.4. The molecule has 0 bridgehead atoms. The van der Waals surface area contributed by atoms with Gasteiger partial charge >= 0.3 is 0 Å². The Morgan fingerprint density at radius 1 is 1.33 bits per heavy atom. The molecule has 0 spiro atoms. The molecular weight excluding hydrogens is 268 g/mol. The SMILES string of the molecule is CC(C)OCC(=O)N1CCN(c2ccc(CN)cn2)CC1. The first-order chi connectivity index (χ1) is 10.1. The van der Waals surface area contributed by atoms with Gasteiger partial charge in [-0.15, -0.1) is 0 Å². The van der Waals surface area contributed by atoms with Gasteiger partial charge in [-0.25, -0.2) is 4.98 Å². The number of rotatable bonds is 5. The maximum absolute atomic E-state index is 12.0. The van der Waals surface area contributed by atoms with Crippen molar-refractivity contribution in [3.63, 3.8) is 0 Å². The van der Waals surface area contributed by atoms with E-state index in [1.165, 1.54) is 0 Å². The summed E-state index contributed by atoms with van der Waals surface area (Å²) in [7, 11) is 0. The molecule has 21 heavy (non-hydrogen) atoms. The van der Waals surface area contributed by atoms with Gasteiger partial charge in [0.25, 0.3) is 0 Å². The molecule has 6 nitrogen and oxygen atoms in total. The van der Waals surface area contributed by atoms with E-state index in [0.29, 0.717) is 19.6 Å². The molecular formula is C15H24N4O2. The average molecular weight is 292 g/mol. The van der Waals surface area contributed by atoms with Gasteiger partial charge in [0.15, 0.2) is 0 Å². The molecule has 1 aromatic rings. The van der Waals surface area contributed by atoms with E-state index in [9.17, 15) is 4.79 Å². The predicted octanol–water partition coefficient (Wildman–Crippen LogP) is 0.614. The van der Waals surface area contributed by atoms with Crippen LogP contribution in [0.5, 0.6) is 0 Å². The van der Waals surface area contributed by atoms with E-state index in [1.54, 1.807) is 0 Å². The Morgan fingerprint density at radius 2 is 2.05 bits per heavy atom. The van der Waals surface area contributed by atoms with Crippen LogP contribution >= 0.6 is 0 Å². The lowest BCUT2D eigenvalue weighted by Crippen LogP contribution is -2.50. The molecule has 0 unspecified atom stereocenters. The fraction of sp³-hybridized carbons (Fsp3) is 0.600. The smallest absolute Gasteiger partial charge is 0.248 e. The van der Waals surface area contributed by atoms with E-state index in [4.69, 9.17) is 10.5 Å². The molecule has 1 aliphatic rings. The van der Waals surface area contributed by atoms with Crippen LogP contribution in [0.3, 0.4) is 0 Å². The number of carbonyl (C=O) groups excluding carboxylic acids is 1. The predicted molar refractivity (Wildman–Crippen MR) is 82.0 cm³/mol. The van der Waals surface area contributed by atoms with Gasteiger partial charge in [-0.2, -0.15) is 0 Å². The van der Waals surface area contributed by atoms with Crippen molar-refractivity contribution in [1.82, 2.24) is 9.88 Å². The van der Waals surface area contributed by atoms with Gasteiger partial charge in [-0.1, -0.05) is 6.07 Å². The van der Waals surface area contributed by atoms with E-state index in [1.807, 2.05) is 37.1 Å². The number of amides is 1. The topological polar surface area (TPSA) is 71.7 Å². The monoisotopic (exact) mass is 292 g/mol. The van der Waals surface area contributed by atoms with Crippen LogP contribution in [0.1, 0.15) is 19.4 Å². The number of anilines is 1. The third-order valence-electron chi connectivity index (χ3n) is 3.54. The Kier molecular flexibility index (Phi) is 5.52. The molecule has 1 aliphatic heterocycles. The molecule has 1 amide bonds. The van der Waals surface area contributed by atoms with E-state index in [2.05, 4.69) is 9.88 Å². The summed E-state index contributed by atoms with van der Waals surface area (Å²) in [5, 5.41) is 0. The van der Waals surface area contributed by atoms with Crippen LogP contribution in [0, 0.1) is 0 Å². The quantitative estimate of drug-likeness (QED) is 0.861. The van der Waals surface area contributed by atoms with Crippen LogP contribution in [0.2, 0.25) is 0 Å². The van der Waals surface area contributed by atoms with Crippen LogP contribution in [0.15, 0.2) is 18.3 Å². The van der Waals surface area contributed by atoms with Crippen LogP contribution < -0.4 is 10.6 Å². The minimum atomic E-state index is 0.0646. The highest BCUT2D eigenvalue weighted by Crippen LogP contribution is 2.14. The molecule has 0 aliphatic carbocycles. The zero-order chi connectivity index (χ0) is 15.2. The van der Waals surface area contributed by atoms with Crippen LogP contribution in [-0.4, -0.2) is 54.7 Å². The Hall–Kier alpha value is -1.66. The molecule has 2 N–H and O–H groups in total. The number of nitrogens with two attached hydrogens (primary N) is 1. The molecule has 0 radical (unpaired) electrons. The van der Waals surface area contributed by atoms with Crippen LogP contribution in [-0.2, 0) is 16.1 Å². The number of piperazine rings is 1. The molecule has 0 atom stereocenters. The summed E-state index contributed by atoms with van der Waals surface area (Å²) in [6.45, 7) is 7.54. The highest BCUT2D eigenvalue weighted by Gasteiger charge is 2.21. The number of hydrogen-bond acceptors (Lipinski definition) is 5. The highest BCUT2D eigenvalue weighted by molar-refractivity contribution is 5.77. The Bertz CT molecular complexity index is 453. The summed E-state index contributed by atoms with van der Waals surface area (Å²) in [5.41, 5.74) is 6.60. The summed E-state index contributed by atoms with van der Waals surface area (Å²) >= 11 is 0. The highest BCUT2D eigenvalue weighted by atomic mass is 16.5. The minimum absolute atomic E-state index is 0.0646. The van der Waals surface area contributed by atoms with Gasteiger partial charge in [0.1, 0.15) is 12.4 Å². The van der Waals surface area contributed by atoms with E-state index >= 15 is 0 Å². The maximum atomic E-state index is 12.0. The second kappa shape index (κ2) is 7.38. The Balaban J connectivity index is 1.83. The van der Waals surface area contributed by atoms with Crippen molar-refractivity contribution in [2.45, 2.75) is 26.5 Å². The van der Waals surface area contributed by atoms with Gasteiger partial charge in [0.05, 0.1) is 6.10 Å². The second-order valence-corrected chi connectivity index (χ2v) is 5.46. The summed E-state index contributed by atoms with van der Waals surface area (Å²) in [5.74, 6) is 1.01. The zero-order valence-corrected chi connectivity index (χ0v) is 12.8. The second-order valence-electron chi connectivity index (χ2n) is 5.46. The first-order valence-corrected chi connectivity index (χ1v) is 7.39. The van der Waals surface area contributed by atoms with E-state index in [0.717, 1.165) is 24.5 Å². The summed E-state index contributed by atoms with van der Waals surface area (Å²) < 4.78 is 5.36. The van der Waals surface area contributed by atoms with E-state index in [-0.39, 0.29) is 18.6 Å². The molecule has 1 fully saturated rings. The third kappa shape index (κ3) is 4.41. The Labute approximate surface area is 125 Å². The summed E-state index contributed by atoms with van der Waals surface area (Å²) in [6, 6.07) is 3.98. The van der Waals surface area contributed by atoms with Gasteiger partial charge in [-0.3, -0.25) is 4.79 Å². The first-order valence-electron chi connectivity index (χ1n) is 7.39. The number of nitrogens with zero attached hydrogens (tertiary/aromatic N) is 3. The van der Waals surface area contributed by atoms with Crippen molar-refractivity contribution in [3.8, 4) is 0 Å². The fourth-order valence-electron chi connectivity index (χ4n) is 2.24. The third-order valence-corrected chi connectivity index (χ3v) is 3.54. The van der Waals surface area contributed by atoms with Crippen LogP contribution in [0.4, 0.5) is 5.82 Å². The number of ether oxygens (including phenoxy) is 1. The molecule has 1 aromatic heterocycles. The maximum Gasteiger partial charge on any atom is 0.248 e. The molecule has 2 rings (SSSR count). The minimum Gasteiger partial charge on any atom is -0.369 e. The normalized spacial score (nSPS) is 15.6. The van der Waals surface area contributed by atoms with Crippen molar-refractivity contribution in [1.29, 1.82) is 0 Å². The summed E-state index contributed by atoms with van der Waals surface area (Å²) in [6.07, 6.45) is 1.89. The molecule has 0 aromatic carbocycles. The van der Waals surface area contributed by atoms with Gasteiger partial charge in [0.2, 0.25) is 5.91 Å². The fourth-order valence-corrected chi connectivity index (χ4v) is 2.24. The van der Waals surface area contributed by atoms with Crippen molar-refractivity contribution in [3.05, 3.63) is 23.9 Å². The number of pyridine rings is 1. The van der Waals surface area contributed by atoms with Gasteiger partial charge in [-0.05, 0) is 25.5 Å². The number of hydrogen-bond donors (Lipinski definition) is 1. The number of carbonyl (C=O) groups is 1. The van der Waals surface area contributed by atoms with Crippen molar-refractivity contribution in [2.75, 3.05) is 37.7 Å².